The van der Waals surface area contributed by atoms with Gasteiger partial charge in [0.2, 0.25) is 36.5 Å². The standard InChI is InChI=1S/C25H29FN4O3S.C24H31FN4O3S.C24H28FN3O2S/c1-18-7-10-24(19-5-3-2-4-6-19)34(31,32)30(18)16-21-8-9-22(15-23(21)26)29-13-11-20(12-14-29)25-27-17-33-28-25;1-17-7-10-23(18-5-3-2-4-6-18)33(31,32)29(17)16-20-8-9-21(15-22(20)25)28-13-11-19(12-14-28)24(26)27-30;1-18-7-10-24(20-5-3-2-4-6-20)31(29,30)28(18)17-21-8-9-22(15-23(21)25)27-13-11-19(16-26)12-14-27/h2-6,8-9,15,17-18,20,24H,7,10-14,16H2,1H3;2-6,8-9,15,17,19,23,30H,7,10-14,16H2,1H3,(H2,26,27);2-6,8-9,15,18-19,24H,7,10-14,17H2,1H3/t18-,24?;17-,23?;18-,24?/m000/s1. The van der Waals surface area contributed by atoms with Crippen LogP contribution in [-0.4, -0.2) is 117 Å². The molecule has 7 aromatic rings. The first-order valence-corrected chi connectivity index (χ1v) is 38.6. The maximum atomic E-state index is 15.2. The van der Waals surface area contributed by atoms with Crippen LogP contribution in [0.3, 0.4) is 0 Å². The van der Waals surface area contributed by atoms with E-state index in [1.807, 2.05) is 130 Å². The number of benzene rings is 6. The Labute approximate surface area is 574 Å². The molecule has 6 atom stereocenters. The summed E-state index contributed by atoms with van der Waals surface area (Å²) in [7, 11) is -10.8. The SMILES string of the molecule is C[C@H]1CCC(c2ccccc2)S(=O)(=O)N1Cc1ccc(N2CCC(/C(N)=N/O)CC2)cc1F.C[C@H]1CCC(c2ccccc2)S(=O)(=O)N1Cc1ccc(N2CCC(C#N)CC2)cc1F.C[C@H]1CCC(c2ccccc2)S(=O)(=O)N1Cc1ccc(N2CCC(c3ncon3)CC2)cc1F. The Bertz CT molecular complexity index is 4230. The van der Waals surface area contributed by atoms with Crippen LogP contribution in [0.25, 0.3) is 0 Å². The average Bonchev–Trinajstić information content (AvgIpc) is 1.03. The molecular weight excluding hydrogens is 1310 g/mol. The maximum absolute atomic E-state index is 15.2. The molecule has 6 saturated heterocycles. The van der Waals surface area contributed by atoms with Crippen LogP contribution in [0.1, 0.15) is 159 Å². The number of aromatic nitrogens is 2. The average molecular weight is 1400 g/mol. The third-order valence-electron chi connectivity index (χ3n) is 20.7. The third-order valence-corrected chi connectivity index (χ3v) is 27.8. The van der Waals surface area contributed by atoms with Crippen molar-refractivity contribution in [1.29, 1.82) is 5.26 Å². The van der Waals surface area contributed by atoms with Crippen molar-refractivity contribution in [3.63, 3.8) is 0 Å². The zero-order valence-corrected chi connectivity index (χ0v) is 58.1. The highest BCUT2D eigenvalue weighted by molar-refractivity contribution is 7.90. The van der Waals surface area contributed by atoms with E-state index >= 15 is 13.2 Å². The molecule has 7 heterocycles. The van der Waals surface area contributed by atoms with Crippen LogP contribution in [0.15, 0.2) is 162 Å². The molecule has 522 valence electrons. The van der Waals surface area contributed by atoms with Crippen LogP contribution >= 0.6 is 0 Å². The molecule has 0 aliphatic carbocycles. The molecule has 6 aromatic carbocycles. The smallest absolute Gasteiger partial charge is 0.221 e. The maximum Gasteiger partial charge on any atom is 0.221 e. The van der Waals surface area contributed by atoms with Crippen molar-refractivity contribution in [2.75, 3.05) is 54.0 Å². The summed E-state index contributed by atoms with van der Waals surface area (Å²) in [6.07, 6.45) is 10.0. The van der Waals surface area contributed by atoms with E-state index in [1.54, 1.807) is 18.2 Å². The number of hydrogen-bond donors (Lipinski definition) is 2. The molecule has 1 aromatic heterocycles. The fourth-order valence-corrected chi connectivity index (χ4v) is 21.2. The number of oxime groups is 1. The number of sulfonamides is 3. The summed E-state index contributed by atoms with van der Waals surface area (Å²) < 4.78 is 135. The lowest BCUT2D eigenvalue weighted by Gasteiger charge is -2.37. The van der Waals surface area contributed by atoms with E-state index in [0.717, 1.165) is 124 Å². The summed E-state index contributed by atoms with van der Waals surface area (Å²) >= 11 is 0. The van der Waals surface area contributed by atoms with Crippen molar-refractivity contribution < 1.29 is 48.2 Å². The number of nitrogens with zero attached hydrogens (tertiary/aromatic N) is 10. The van der Waals surface area contributed by atoms with Crippen molar-refractivity contribution in [3.05, 3.63) is 209 Å². The van der Waals surface area contributed by atoms with Gasteiger partial charge >= 0.3 is 0 Å². The van der Waals surface area contributed by atoms with Gasteiger partial charge in [0.15, 0.2) is 5.82 Å². The summed E-state index contributed by atoms with van der Waals surface area (Å²) in [5.41, 5.74) is 11.6. The molecule has 19 nitrogen and oxygen atoms in total. The van der Waals surface area contributed by atoms with Gasteiger partial charge in [-0.2, -0.15) is 23.2 Å². The van der Waals surface area contributed by atoms with Gasteiger partial charge in [-0.3, -0.25) is 0 Å². The molecule has 0 bridgehead atoms. The lowest BCUT2D eigenvalue weighted by Crippen LogP contribution is -2.44. The Balaban J connectivity index is 0.000000149. The third kappa shape index (κ3) is 16.2. The Morgan fingerprint density at radius 1 is 0.510 bits per heavy atom. The highest BCUT2D eigenvalue weighted by Gasteiger charge is 2.44. The van der Waals surface area contributed by atoms with Crippen molar-refractivity contribution in [3.8, 4) is 6.07 Å². The summed E-state index contributed by atoms with van der Waals surface area (Å²) in [6.45, 7) is 10.1. The van der Waals surface area contributed by atoms with Crippen molar-refractivity contribution in [2.45, 2.75) is 157 Å². The molecule has 13 rings (SSSR count). The van der Waals surface area contributed by atoms with Gasteiger partial charge in [-0.15, -0.1) is 0 Å². The number of piperidine rings is 3. The number of rotatable bonds is 14. The van der Waals surface area contributed by atoms with Gasteiger partial charge in [-0.1, -0.05) is 120 Å². The Kier molecular flexibility index (Phi) is 23.0. The van der Waals surface area contributed by atoms with Crippen LogP contribution in [0.4, 0.5) is 30.2 Å². The van der Waals surface area contributed by atoms with E-state index in [2.05, 4.69) is 36.1 Å². The molecule has 0 spiro atoms. The number of nitrogens with two attached hydrogens (primary N) is 1. The monoisotopic (exact) mass is 1400 g/mol. The van der Waals surface area contributed by atoms with Crippen LogP contribution in [0.2, 0.25) is 0 Å². The zero-order valence-electron chi connectivity index (χ0n) is 55.7. The number of nitriles is 1. The largest absolute Gasteiger partial charge is 0.409 e. The lowest BCUT2D eigenvalue weighted by molar-refractivity contribution is 0.278. The van der Waals surface area contributed by atoms with Gasteiger partial charge in [0.25, 0.3) is 0 Å². The highest BCUT2D eigenvalue weighted by Crippen LogP contribution is 2.42. The Hall–Kier alpha value is -7.86. The molecule has 3 N–H and O–H groups in total. The highest BCUT2D eigenvalue weighted by atomic mass is 32.2. The van der Waals surface area contributed by atoms with Crippen molar-refractivity contribution in [1.82, 2.24) is 23.1 Å². The second-order valence-corrected chi connectivity index (χ2v) is 33.0. The molecule has 6 aliphatic heterocycles. The fourth-order valence-electron chi connectivity index (χ4n) is 14.7. The number of anilines is 3. The van der Waals surface area contributed by atoms with Crippen LogP contribution in [0, 0.1) is 40.6 Å². The molecule has 0 saturated carbocycles. The van der Waals surface area contributed by atoms with Gasteiger partial charge in [-0.05, 0) is 151 Å². The number of amidine groups is 1. The Morgan fingerprint density at radius 3 is 1.15 bits per heavy atom. The molecule has 0 radical (unpaired) electrons. The second-order valence-electron chi connectivity index (χ2n) is 26.8. The van der Waals surface area contributed by atoms with Crippen molar-refractivity contribution >= 4 is 53.0 Å². The lowest BCUT2D eigenvalue weighted by atomic mass is 9.95. The van der Waals surface area contributed by atoms with Gasteiger partial charge in [-0.25, -0.2) is 38.4 Å². The normalized spacial score (nSPS) is 24.3. The topological polar surface area (TPSA) is 243 Å². The first-order chi connectivity index (χ1) is 47.1. The molecule has 6 aliphatic rings. The second kappa shape index (κ2) is 31.6. The summed E-state index contributed by atoms with van der Waals surface area (Å²) in [6, 6.07) is 44.8. The quantitative estimate of drug-likeness (QED) is 0.0445. The molecule has 98 heavy (non-hydrogen) atoms. The summed E-state index contributed by atoms with van der Waals surface area (Å²) in [4.78, 5) is 10.5. The molecule has 6 fully saturated rings. The molecule has 25 heteroatoms. The minimum Gasteiger partial charge on any atom is -0.409 e. The number of halogens is 3. The van der Waals surface area contributed by atoms with E-state index in [-0.39, 0.29) is 73.0 Å². The van der Waals surface area contributed by atoms with Gasteiger partial charge in [0.1, 0.15) is 39.0 Å². The zero-order chi connectivity index (χ0) is 69.3. The molecule has 3 unspecified atom stereocenters. The van der Waals surface area contributed by atoms with Gasteiger partial charge in [0.05, 0.1) is 6.07 Å². The minimum atomic E-state index is -3.62. The fraction of sp³-hybridized carbons (Fsp3) is 0.452. The van der Waals surface area contributed by atoms with E-state index in [4.69, 9.17) is 20.7 Å². The Morgan fingerprint density at radius 2 is 0.847 bits per heavy atom. The van der Waals surface area contributed by atoms with Crippen LogP contribution < -0.4 is 20.4 Å². The first kappa shape index (κ1) is 71.4. The predicted octanol–water partition coefficient (Wildman–Crippen LogP) is 13.1. The number of hydrogen-bond acceptors (Lipinski definition) is 15. The molecule has 0 amide bonds. The van der Waals surface area contributed by atoms with E-state index in [0.29, 0.717) is 49.0 Å². The van der Waals surface area contributed by atoms with Crippen LogP contribution in [-0.2, 0) is 49.7 Å². The summed E-state index contributed by atoms with van der Waals surface area (Å²) in [5, 5.41) is 23.2. The van der Waals surface area contributed by atoms with E-state index in [9.17, 15) is 25.3 Å². The van der Waals surface area contributed by atoms with Crippen molar-refractivity contribution in [2.24, 2.45) is 22.7 Å². The van der Waals surface area contributed by atoms with Gasteiger partial charge < -0.3 is 30.2 Å². The molecular formula is C73H88F3N11O8S3. The van der Waals surface area contributed by atoms with E-state index in [1.165, 1.54) is 37.5 Å². The minimum absolute atomic E-state index is 0.0184. The van der Waals surface area contributed by atoms with Crippen LogP contribution in [0.5, 0.6) is 0 Å². The first-order valence-electron chi connectivity index (χ1n) is 34.0. The predicted molar refractivity (Wildman–Crippen MR) is 374 cm³/mol. The van der Waals surface area contributed by atoms with Gasteiger partial charge in [0, 0.05) is 129 Å². The summed E-state index contributed by atoms with van der Waals surface area (Å²) in [5.74, 6) is 0.153. The van der Waals surface area contributed by atoms with E-state index < -0.39 is 51.6 Å².